The monoisotopic (exact) mass is 248 g/mol. The van der Waals surface area contributed by atoms with Gasteiger partial charge in [-0.3, -0.25) is 4.98 Å². The molecule has 0 unspecified atom stereocenters. The van der Waals surface area contributed by atoms with Gasteiger partial charge in [-0.05, 0) is 30.3 Å². The molecule has 1 aromatic carbocycles. The van der Waals surface area contributed by atoms with Crippen LogP contribution in [0.15, 0.2) is 48.7 Å². The standard InChI is InChI=1S/C12H9ClN2S/c13-9-4-3-5-10(8-9)15-12(16)11-6-1-2-7-14-11/h1-8H,(H,15,16). The average molecular weight is 249 g/mol. The highest BCUT2D eigenvalue weighted by Crippen LogP contribution is 2.15. The van der Waals surface area contributed by atoms with Gasteiger partial charge in [0.25, 0.3) is 0 Å². The smallest absolute Gasteiger partial charge is 0.129 e. The van der Waals surface area contributed by atoms with Gasteiger partial charge in [0.2, 0.25) is 0 Å². The van der Waals surface area contributed by atoms with Gasteiger partial charge >= 0.3 is 0 Å². The molecule has 2 nitrogen and oxygen atoms in total. The highest BCUT2D eigenvalue weighted by molar-refractivity contribution is 7.81. The Morgan fingerprint density at radius 2 is 2.06 bits per heavy atom. The van der Waals surface area contributed by atoms with Crippen molar-refractivity contribution in [2.45, 2.75) is 0 Å². The van der Waals surface area contributed by atoms with E-state index >= 15 is 0 Å². The van der Waals surface area contributed by atoms with Gasteiger partial charge in [-0.2, -0.15) is 0 Å². The molecule has 0 fully saturated rings. The summed E-state index contributed by atoms with van der Waals surface area (Å²) in [6.07, 6.45) is 1.71. The molecule has 0 spiro atoms. The number of anilines is 1. The minimum atomic E-state index is 0.586. The van der Waals surface area contributed by atoms with Crippen LogP contribution >= 0.6 is 23.8 Å². The Morgan fingerprint density at radius 1 is 1.19 bits per heavy atom. The summed E-state index contributed by atoms with van der Waals surface area (Å²) in [5.74, 6) is 0. The molecule has 1 N–H and O–H groups in total. The quantitative estimate of drug-likeness (QED) is 0.824. The molecule has 0 amide bonds. The van der Waals surface area contributed by atoms with Crippen LogP contribution in [0.4, 0.5) is 5.69 Å². The van der Waals surface area contributed by atoms with E-state index in [1.165, 1.54) is 0 Å². The van der Waals surface area contributed by atoms with E-state index in [1.54, 1.807) is 6.20 Å². The van der Waals surface area contributed by atoms with Crippen molar-refractivity contribution in [2.24, 2.45) is 0 Å². The fourth-order valence-electron chi connectivity index (χ4n) is 1.26. The molecule has 16 heavy (non-hydrogen) atoms. The van der Waals surface area contributed by atoms with E-state index in [4.69, 9.17) is 23.8 Å². The molecular formula is C12H9ClN2S. The van der Waals surface area contributed by atoms with Gasteiger partial charge < -0.3 is 5.32 Å². The number of hydrogen-bond donors (Lipinski definition) is 1. The number of hydrogen-bond acceptors (Lipinski definition) is 2. The molecule has 0 radical (unpaired) electrons. The van der Waals surface area contributed by atoms with Crippen LogP contribution in [0.5, 0.6) is 0 Å². The van der Waals surface area contributed by atoms with Crippen LogP contribution in [0.3, 0.4) is 0 Å². The maximum absolute atomic E-state index is 5.88. The number of benzene rings is 1. The maximum Gasteiger partial charge on any atom is 0.129 e. The summed E-state index contributed by atoms with van der Waals surface area (Å²) in [5, 5.41) is 3.76. The van der Waals surface area contributed by atoms with E-state index in [0.717, 1.165) is 11.4 Å². The predicted molar refractivity (Wildman–Crippen MR) is 71.0 cm³/mol. The fourth-order valence-corrected chi connectivity index (χ4v) is 1.69. The van der Waals surface area contributed by atoms with Gasteiger partial charge in [0.15, 0.2) is 0 Å². The van der Waals surface area contributed by atoms with Crippen molar-refractivity contribution < 1.29 is 0 Å². The summed E-state index contributed by atoms with van der Waals surface area (Å²) >= 11 is 11.1. The Hall–Kier alpha value is -1.45. The largest absolute Gasteiger partial charge is 0.345 e. The molecule has 4 heteroatoms. The van der Waals surface area contributed by atoms with Crippen LogP contribution < -0.4 is 5.32 Å². The molecule has 0 saturated carbocycles. The SMILES string of the molecule is S=C(Nc1cccc(Cl)c1)c1ccccn1. The number of halogens is 1. The summed E-state index contributed by atoms with van der Waals surface area (Å²) in [4.78, 5) is 4.75. The van der Waals surface area contributed by atoms with Gasteiger partial charge in [-0.25, -0.2) is 0 Å². The van der Waals surface area contributed by atoms with Gasteiger partial charge in [0, 0.05) is 16.9 Å². The molecule has 0 aliphatic heterocycles. The first-order chi connectivity index (χ1) is 7.75. The minimum Gasteiger partial charge on any atom is -0.345 e. The number of aromatic nitrogens is 1. The molecule has 2 rings (SSSR count). The fraction of sp³-hybridized carbons (Fsp3) is 0. The number of nitrogens with zero attached hydrogens (tertiary/aromatic N) is 1. The highest BCUT2D eigenvalue weighted by Gasteiger charge is 2.02. The summed E-state index contributed by atoms with van der Waals surface area (Å²) in [5.41, 5.74) is 1.61. The molecule has 0 aliphatic rings. The van der Waals surface area contributed by atoms with E-state index < -0.39 is 0 Å². The van der Waals surface area contributed by atoms with Gasteiger partial charge in [-0.1, -0.05) is 36.0 Å². The zero-order valence-corrected chi connectivity index (χ0v) is 9.92. The number of thiocarbonyl (C=S) groups is 1. The Morgan fingerprint density at radius 3 is 2.75 bits per heavy atom. The second-order valence-corrected chi connectivity index (χ2v) is 4.02. The zero-order chi connectivity index (χ0) is 11.4. The molecule has 0 atom stereocenters. The van der Waals surface area contributed by atoms with Crippen LogP contribution in [-0.2, 0) is 0 Å². The molecule has 1 heterocycles. The lowest BCUT2D eigenvalue weighted by molar-refractivity contribution is 1.30. The zero-order valence-electron chi connectivity index (χ0n) is 8.35. The lowest BCUT2D eigenvalue weighted by Gasteiger charge is -2.07. The van der Waals surface area contributed by atoms with E-state index in [1.807, 2.05) is 42.5 Å². The molecular weight excluding hydrogens is 240 g/mol. The van der Waals surface area contributed by atoms with Crippen molar-refractivity contribution in [3.63, 3.8) is 0 Å². The van der Waals surface area contributed by atoms with Gasteiger partial charge in [0.1, 0.15) is 4.99 Å². The molecule has 0 aliphatic carbocycles. The molecule has 0 bridgehead atoms. The molecule has 0 saturated heterocycles. The van der Waals surface area contributed by atoms with Gasteiger partial charge in [0.05, 0.1) is 5.69 Å². The average Bonchev–Trinajstić information content (AvgIpc) is 2.30. The van der Waals surface area contributed by atoms with Crippen molar-refractivity contribution in [1.82, 2.24) is 4.98 Å². The van der Waals surface area contributed by atoms with E-state index in [2.05, 4.69) is 10.3 Å². The Balaban J connectivity index is 2.14. The van der Waals surface area contributed by atoms with Crippen LogP contribution in [0.25, 0.3) is 0 Å². The second-order valence-electron chi connectivity index (χ2n) is 3.18. The first kappa shape index (κ1) is 11.0. The highest BCUT2D eigenvalue weighted by atomic mass is 35.5. The summed E-state index contributed by atoms with van der Waals surface area (Å²) < 4.78 is 0. The summed E-state index contributed by atoms with van der Waals surface area (Å²) in [6, 6.07) is 13.0. The third-order valence-electron chi connectivity index (χ3n) is 1.98. The first-order valence-corrected chi connectivity index (χ1v) is 5.52. The number of rotatable bonds is 2. The van der Waals surface area contributed by atoms with Crippen molar-refractivity contribution in [3.05, 3.63) is 59.4 Å². The minimum absolute atomic E-state index is 0.586. The van der Waals surface area contributed by atoms with Gasteiger partial charge in [-0.15, -0.1) is 0 Å². The predicted octanol–water partition coefficient (Wildman–Crippen LogP) is 3.52. The summed E-state index contributed by atoms with van der Waals surface area (Å²) in [7, 11) is 0. The van der Waals surface area contributed by atoms with Crippen LogP contribution in [0, 0.1) is 0 Å². The van der Waals surface area contributed by atoms with Crippen LogP contribution in [0.1, 0.15) is 5.69 Å². The Kier molecular flexibility index (Phi) is 3.49. The lowest BCUT2D eigenvalue weighted by Crippen LogP contribution is -2.11. The van der Waals surface area contributed by atoms with Crippen molar-refractivity contribution >= 4 is 34.5 Å². The van der Waals surface area contributed by atoms with E-state index in [0.29, 0.717) is 10.0 Å². The Bertz CT molecular complexity index is 499. The van der Waals surface area contributed by atoms with Crippen LogP contribution in [0.2, 0.25) is 5.02 Å². The van der Waals surface area contributed by atoms with Crippen molar-refractivity contribution in [2.75, 3.05) is 5.32 Å². The maximum atomic E-state index is 5.88. The lowest BCUT2D eigenvalue weighted by atomic mass is 10.3. The van der Waals surface area contributed by atoms with E-state index in [-0.39, 0.29) is 0 Å². The van der Waals surface area contributed by atoms with Crippen molar-refractivity contribution in [1.29, 1.82) is 0 Å². The van der Waals surface area contributed by atoms with Crippen LogP contribution in [-0.4, -0.2) is 9.97 Å². The van der Waals surface area contributed by atoms with Crippen molar-refractivity contribution in [3.8, 4) is 0 Å². The third kappa shape index (κ3) is 2.78. The Labute approximate surface area is 104 Å². The molecule has 80 valence electrons. The molecule has 1 aromatic heterocycles. The number of pyridine rings is 1. The third-order valence-corrected chi connectivity index (χ3v) is 2.53. The number of nitrogens with one attached hydrogen (secondary N) is 1. The first-order valence-electron chi connectivity index (χ1n) is 4.73. The topological polar surface area (TPSA) is 24.9 Å². The summed E-state index contributed by atoms with van der Waals surface area (Å²) in [6.45, 7) is 0. The molecule has 2 aromatic rings. The van der Waals surface area contributed by atoms with E-state index in [9.17, 15) is 0 Å². The second kappa shape index (κ2) is 5.05. The normalized spacial score (nSPS) is 9.81.